The molecule has 25 heavy (non-hydrogen) atoms. The zero-order valence-corrected chi connectivity index (χ0v) is 15.4. The van der Waals surface area contributed by atoms with E-state index in [-0.39, 0.29) is 0 Å². The molecule has 0 bridgehead atoms. The SMILES string of the molecule is C=C/C=C/c1ccc2c(c1)CCc1ccccc1N2CCCCCC. The van der Waals surface area contributed by atoms with Crippen molar-refractivity contribution in [2.75, 3.05) is 11.4 Å². The van der Waals surface area contributed by atoms with E-state index in [2.05, 4.69) is 66.9 Å². The topological polar surface area (TPSA) is 3.24 Å². The van der Waals surface area contributed by atoms with Crippen molar-refractivity contribution < 1.29 is 0 Å². The standard InChI is InChI=1S/C24H29N/c1-3-5-7-10-18-25-23-13-9-8-12-21(23)15-16-22-19-20(11-6-4-2)14-17-24(22)25/h4,6,8-9,11-14,17,19H,2-3,5,7,10,15-16,18H2,1H3/b11-6+. The van der Waals surface area contributed by atoms with Gasteiger partial charge < -0.3 is 4.90 Å². The molecular weight excluding hydrogens is 302 g/mol. The van der Waals surface area contributed by atoms with E-state index in [0.29, 0.717) is 0 Å². The van der Waals surface area contributed by atoms with Crippen LogP contribution in [-0.2, 0) is 12.8 Å². The summed E-state index contributed by atoms with van der Waals surface area (Å²) in [6.45, 7) is 7.15. The molecule has 0 unspecified atom stereocenters. The first-order chi connectivity index (χ1) is 12.3. The van der Waals surface area contributed by atoms with Gasteiger partial charge in [-0.2, -0.15) is 0 Å². The maximum Gasteiger partial charge on any atom is 0.0443 e. The summed E-state index contributed by atoms with van der Waals surface area (Å²) < 4.78 is 0. The van der Waals surface area contributed by atoms with Gasteiger partial charge in [0.15, 0.2) is 0 Å². The number of hydrogen-bond donors (Lipinski definition) is 0. The molecule has 3 rings (SSSR count). The third-order valence-electron chi connectivity index (χ3n) is 5.00. The number of hydrogen-bond acceptors (Lipinski definition) is 1. The van der Waals surface area contributed by atoms with Crippen LogP contribution in [0.3, 0.4) is 0 Å². The molecule has 0 aromatic heterocycles. The zero-order valence-electron chi connectivity index (χ0n) is 15.4. The average molecular weight is 332 g/mol. The summed E-state index contributed by atoms with van der Waals surface area (Å²) in [6.07, 6.45) is 13.4. The number of aryl methyl sites for hydroxylation is 2. The predicted octanol–water partition coefficient (Wildman–Crippen LogP) is 6.70. The second-order valence-electron chi connectivity index (χ2n) is 6.82. The van der Waals surface area contributed by atoms with Crippen LogP contribution in [0.4, 0.5) is 11.4 Å². The Balaban J connectivity index is 1.94. The van der Waals surface area contributed by atoms with Gasteiger partial charge in [0.25, 0.3) is 0 Å². The van der Waals surface area contributed by atoms with Crippen LogP contribution >= 0.6 is 0 Å². The summed E-state index contributed by atoms with van der Waals surface area (Å²) in [5, 5.41) is 0. The molecule has 0 amide bonds. The lowest BCUT2D eigenvalue weighted by molar-refractivity contribution is 0.668. The molecule has 1 aliphatic heterocycles. The van der Waals surface area contributed by atoms with E-state index in [0.717, 1.165) is 19.4 Å². The Morgan fingerprint density at radius 2 is 1.76 bits per heavy atom. The molecule has 0 N–H and O–H groups in total. The normalized spacial score (nSPS) is 13.4. The first kappa shape index (κ1) is 17.5. The summed E-state index contributed by atoms with van der Waals surface area (Å²) in [5.41, 5.74) is 6.97. The molecule has 130 valence electrons. The van der Waals surface area contributed by atoms with Crippen molar-refractivity contribution in [3.63, 3.8) is 0 Å². The molecule has 0 saturated heterocycles. The summed E-state index contributed by atoms with van der Waals surface area (Å²) >= 11 is 0. The van der Waals surface area contributed by atoms with Gasteiger partial charge in [0.1, 0.15) is 0 Å². The average Bonchev–Trinajstić information content (AvgIpc) is 2.80. The highest BCUT2D eigenvalue weighted by Crippen LogP contribution is 2.36. The molecule has 0 spiro atoms. The van der Waals surface area contributed by atoms with E-state index in [1.165, 1.54) is 53.7 Å². The van der Waals surface area contributed by atoms with Crippen molar-refractivity contribution in [1.82, 2.24) is 0 Å². The van der Waals surface area contributed by atoms with Crippen molar-refractivity contribution in [2.24, 2.45) is 0 Å². The summed E-state index contributed by atoms with van der Waals surface area (Å²) in [7, 11) is 0. The molecule has 0 saturated carbocycles. The Morgan fingerprint density at radius 1 is 0.960 bits per heavy atom. The van der Waals surface area contributed by atoms with Crippen LogP contribution in [0.15, 0.2) is 61.2 Å². The molecular formula is C24H29N. The lowest BCUT2D eigenvalue weighted by Crippen LogP contribution is -2.19. The molecule has 2 aromatic rings. The first-order valence-electron chi connectivity index (χ1n) is 9.61. The molecule has 0 radical (unpaired) electrons. The summed E-state index contributed by atoms with van der Waals surface area (Å²) in [4.78, 5) is 2.55. The van der Waals surface area contributed by atoms with Gasteiger partial charge in [-0.15, -0.1) is 0 Å². The third kappa shape index (κ3) is 4.22. The second-order valence-corrected chi connectivity index (χ2v) is 6.82. The highest BCUT2D eigenvalue weighted by molar-refractivity contribution is 5.72. The van der Waals surface area contributed by atoms with Gasteiger partial charge in [0.2, 0.25) is 0 Å². The van der Waals surface area contributed by atoms with E-state index in [9.17, 15) is 0 Å². The fourth-order valence-electron chi connectivity index (χ4n) is 3.67. The van der Waals surface area contributed by atoms with Crippen LogP contribution in [0, 0.1) is 0 Å². The van der Waals surface area contributed by atoms with Gasteiger partial charge in [-0.3, -0.25) is 0 Å². The van der Waals surface area contributed by atoms with Crippen molar-refractivity contribution in [1.29, 1.82) is 0 Å². The molecule has 1 aliphatic rings. The highest BCUT2D eigenvalue weighted by Gasteiger charge is 2.20. The zero-order chi connectivity index (χ0) is 17.5. The Kier molecular flexibility index (Phi) is 6.11. The van der Waals surface area contributed by atoms with Crippen molar-refractivity contribution >= 4 is 17.5 Å². The number of fused-ring (bicyclic) bond motifs is 2. The fourth-order valence-corrected chi connectivity index (χ4v) is 3.67. The van der Waals surface area contributed by atoms with Gasteiger partial charge in [-0.25, -0.2) is 0 Å². The molecule has 0 atom stereocenters. The molecule has 1 nitrogen and oxygen atoms in total. The number of anilines is 2. The van der Waals surface area contributed by atoms with E-state index < -0.39 is 0 Å². The Labute approximate surface area is 152 Å². The van der Waals surface area contributed by atoms with Gasteiger partial charge in [0.05, 0.1) is 0 Å². The van der Waals surface area contributed by atoms with Crippen molar-refractivity contribution in [3.05, 3.63) is 77.9 Å². The lowest BCUT2D eigenvalue weighted by Gasteiger charge is -2.27. The third-order valence-corrected chi connectivity index (χ3v) is 5.00. The fraction of sp³-hybridized carbons (Fsp3) is 0.333. The van der Waals surface area contributed by atoms with Gasteiger partial charge >= 0.3 is 0 Å². The Bertz CT molecular complexity index is 742. The molecule has 2 aromatic carbocycles. The Hall–Kier alpha value is -2.28. The first-order valence-corrected chi connectivity index (χ1v) is 9.61. The van der Waals surface area contributed by atoms with E-state index in [1.807, 2.05) is 12.2 Å². The number of allylic oxidation sites excluding steroid dienone is 2. The molecule has 1 heterocycles. The maximum atomic E-state index is 3.77. The number of rotatable bonds is 7. The van der Waals surface area contributed by atoms with Crippen LogP contribution < -0.4 is 4.90 Å². The minimum Gasteiger partial charge on any atom is -0.341 e. The number of benzene rings is 2. The van der Waals surface area contributed by atoms with Crippen molar-refractivity contribution in [2.45, 2.75) is 45.4 Å². The van der Waals surface area contributed by atoms with E-state index >= 15 is 0 Å². The van der Waals surface area contributed by atoms with Crippen LogP contribution in [0.25, 0.3) is 6.08 Å². The Morgan fingerprint density at radius 3 is 2.60 bits per heavy atom. The monoisotopic (exact) mass is 331 g/mol. The molecule has 1 heteroatoms. The minimum absolute atomic E-state index is 1.10. The maximum absolute atomic E-state index is 3.77. The van der Waals surface area contributed by atoms with Gasteiger partial charge in [0, 0.05) is 17.9 Å². The summed E-state index contributed by atoms with van der Waals surface area (Å²) in [5.74, 6) is 0. The van der Waals surface area contributed by atoms with Crippen LogP contribution in [0.1, 0.15) is 49.3 Å². The van der Waals surface area contributed by atoms with Crippen LogP contribution in [0.2, 0.25) is 0 Å². The predicted molar refractivity (Wildman–Crippen MR) is 111 cm³/mol. The van der Waals surface area contributed by atoms with Gasteiger partial charge in [-0.05, 0) is 54.2 Å². The molecule has 0 fully saturated rings. The quantitative estimate of drug-likeness (QED) is 0.403. The van der Waals surface area contributed by atoms with Crippen LogP contribution in [-0.4, -0.2) is 6.54 Å². The highest BCUT2D eigenvalue weighted by atomic mass is 15.1. The second kappa shape index (κ2) is 8.71. The lowest BCUT2D eigenvalue weighted by atomic mass is 10.0. The minimum atomic E-state index is 1.10. The number of unbranched alkanes of at least 4 members (excludes halogenated alkanes) is 3. The largest absolute Gasteiger partial charge is 0.341 e. The van der Waals surface area contributed by atoms with Gasteiger partial charge in [-0.1, -0.05) is 75.3 Å². The number of para-hydroxylation sites is 1. The molecule has 0 aliphatic carbocycles. The number of nitrogens with zero attached hydrogens (tertiary/aromatic N) is 1. The van der Waals surface area contributed by atoms with Crippen LogP contribution in [0.5, 0.6) is 0 Å². The van der Waals surface area contributed by atoms with E-state index in [1.54, 1.807) is 0 Å². The summed E-state index contributed by atoms with van der Waals surface area (Å²) in [6, 6.07) is 15.8. The van der Waals surface area contributed by atoms with Crippen molar-refractivity contribution in [3.8, 4) is 0 Å². The smallest absolute Gasteiger partial charge is 0.0443 e. The van der Waals surface area contributed by atoms with E-state index in [4.69, 9.17) is 0 Å².